The van der Waals surface area contributed by atoms with Crippen molar-refractivity contribution < 1.29 is 17.6 Å². The highest BCUT2D eigenvalue weighted by Crippen LogP contribution is 2.35. The predicted molar refractivity (Wildman–Crippen MR) is 127 cm³/mol. The number of aryl methyl sites for hydroxylation is 2. The Kier molecular flexibility index (Phi) is 7.89. The third-order valence-electron chi connectivity index (χ3n) is 5.52. The van der Waals surface area contributed by atoms with E-state index in [2.05, 4.69) is 42.9 Å². The Labute approximate surface area is 195 Å². The molecule has 0 radical (unpaired) electrons. The van der Waals surface area contributed by atoms with Crippen molar-refractivity contribution in [2.75, 3.05) is 20.1 Å². The zero-order valence-corrected chi connectivity index (χ0v) is 19.9. The number of rotatable bonds is 8. The summed E-state index contributed by atoms with van der Waals surface area (Å²) in [5.41, 5.74) is 4.45. The van der Waals surface area contributed by atoms with E-state index in [1.807, 2.05) is 23.7 Å². The number of nitrogens with zero attached hydrogens (tertiary/aromatic N) is 3. The molecule has 8 heteroatoms. The summed E-state index contributed by atoms with van der Waals surface area (Å²) in [7, 11) is 1.99. The van der Waals surface area contributed by atoms with Crippen molar-refractivity contribution >= 4 is 17.7 Å². The van der Waals surface area contributed by atoms with Crippen molar-refractivity contribution in [2.24, 2.45) is 4.99 Å². The number of halogens is 4. The molecule has 0 aliphatic rings. The van der Waals surface area contributed by atoms with Gasteiger partial charge in [0.25, 0.3) is 0 Å². The van der Waals surface area contributed by atoms with E-state index < -0.39 is 17.6 Å². The van der Waals surface area contributed by atoms with Crippen LogP contribution >= 0.6 is 11.3 Å². The zero-order chi connectivity index (χ0) is 24.2. The summed E-state index contributed by atoms with van der Waals surface area (Å²) in [6.45, 7) is 7.83. The van der Waals surface area contributed by atoms with Gasteiger partial charge >= 0.3 is 6.18 Å². The molecule has 3 aromatic rings. The van der Waals surface area contributed by atoms with Crippen molar-refractivity contribution in [2.45, 2.75) is 39.8 Å². The van der Waals surface area contributed by atoms with Crippen molar-refractivity contribution in [3.05, 3.63) is 75.0 Å². The standard InChI is InChI=1S/C25H27F4N3S/c1-5-32(4)15-30-9-8-18-10-17(3)20(11-16(18)2)12-21-14-33-24(31-21)19-6-7-23(26)22(13-19)25(27,28)29/h6-7,10-11,13-15H,5,8-9,12H2,1-4H3. The average Bonchev–Trinajstić information content (AvgIpc) is 3.22. The third kappa shape index (κ3) is 6.41. The van der Waals surface area contributed by atoms with Gasteiger partial charge < -0.3 is 4.90 Å². The van der Waals surface area contributed by atoms with Crippen molar-refractivity contribution in [1.82, 2.24) is 9.88 Å². The van der Waals surface area contributed by atoms with Crippen LogP contribution in [-0.4, -0.2) is 36.4 Å². The quantitative estimate of drug-likeness (QED) is 0.205. The van der Waals surface area contributed by atoms with Crippen LogP contribution in [0.1, 0.15) is 40.4 Å². The monoisotopic (exact) mass is 477 g/mol. The lowest BCUT2D eigenvalue weighted by Gasteiger charge is -2.12. The minimum Gasteiger partial charge on any atom is -0.366 e. The molecule has 3 nitrogen and oxygen atoms in total. The number of alkyl halides is 3. The van der Waals surface area contributed by atoms with Crippen LogP contribution in [0.4, 0.5) is 17.6 Å². The van der Waals surface area contributed by atoms with E-state index in [0.29, 0.717) is 11.4 Å². The molecule has 0 amide bonds. The topological polar surface area (TPSA) is 28.5 Å². The van der Waals surface area contributed by atoms with Crippen molar-refractivity contribution in [3.63, 3.8) is 0 Å². The van der Waals surface area contributed by atoms with E-state index in [1.165, 1.54) is 28.5 Å². The van der Waals surface area contributed by atoms with Gasteiger partial charge in [-0.3, -0.25) is 4.99 Å². The van der Waals surface area contributed by atoms with Crippen molar-refractivity contribution in [3.8, 4) is 10.6 Å². The van der Waals surface area contributed by atoms with Gasteiger partial charge in [-0.1, -0.05) is 12.1 Å². The maximum absolute atomic E-state index is 13.6. The first-order valence-electron chi connectivity index (χ1n) is 10.7. The van der Waals surface area contributed by atoms with Gasteiger partial charge in [0.15, 0.2) is 0 Å². The minimum absolute atomic E-state index is 0.262. The van der Waals surface area contributed by atoms with Gasteiger partial charge in [-0.25, -0.2) is 9.37 Å². The largest absolute Gasteiger partial charge is 0.419 e. The summed E-state index contributed by atoms with van der Waals surface area (Å²) < 4.78 is 52.7. The average molecular weight is 478 g/mol. The predicted octanol–water partition coefficient (Wildman–Crippen LogP) is 6.70. The molecular formula is C25H27F4N3S. The second kappa shape index (κ2) is 10.5. The number of thiazole rings is 1. The fraction of sp³-hybridized carbons (Fsp3) is 0.360. The van der Waals surface area contributed by atoms with Gasteiger partial charge in [-0.2, -0.15) is 13.2 Å². The Morgan fingerprint density at radius 2 is 1.79 bits per heavy atom. The van der Waals surface area contributed by atoms with Gasteiger partial charge in [0.05, 0.1) is 17.6 Å². The van der Waals surface area contributed by atoms with E-state index in [4.69, 9.17) is 0 Å². The first-order chi connectivity index (χ1) is 15.6. The summed E-state index contributed by atoms with van der Waals surface area (Å²) in [4.78, 5) is 11.0. The number of aromatic nitrogens is 1. The summed E-state index contributed by atoms with van der Waals surface area (Å²) in [5, 5.41) is 2.28. The van der Waals surface area contributed by atoms with E-state index >= 15 is 0 Å². The van der Waals surface area contributed by atoms with Gasteiger partial charge in [0.1, 0.15) is 10.8 Å². The van der Waals surface area contributed by atoms with E-state index in [-0.39, 0.29) is 5.56 Å². The van der Waals surface area contributed by atoms with E-state index in [0.717, 1.165) is 48.5 Å². The molecule has 0 unspecified atom stereocenters. The smallest absolute Gasteiger partial charge is 0.366 e. The van der Waals surface area contributed by atoms with Crippen LogP contribution in [0.5, 0.6) is 0 Å². The molecule has 33 heavy (non-hydrogen) atoms. The first kappa shape index (κ1) is 24.9. The Hall–Kier alpha value is -2.74. The maximum atomic E-state index is 13.6. The second-order valence-corrected chi connectivity index (χ2v) is 8.92. The molecule has 0 fully saturated rings. The molecule has 3 rings (SSSR count). The SMILES string of the molecule is CCN(C)C=NCCc1cc(C)c(Cc2csc(-c3ccc(F)c(C(F)(F)F)c3)n2)cc1C. The van der Waals surface area contributed by atoms with Crippen LogP contribution in [0.25, 0.3) is 10.6 Å². The molecule has 176 valence electrons. The fourth-order valence-corrected chi connectivity index (χ4v) is 4.27. The Balaban J connectivity index is 1.74. The molecular weight excluding hydrogens is 450 g/mol. The van der Waals surface area contributed by atoms with Crippen LogP contribution in [0.15, 0.2) is 40.7 Å². The highest BCUT2D eigenvalue weighted by molar-refractivity contribution is 7.13. The lowest BCUT2D eigenvalue weighted by molar-refractivity contribution is -0.139. The molecule has 0 bridgehead atoms. The summed E-state index contributed by atoms with van der Waals surface area (Å²) in [6.07, 6.45) is -1.45. The van der Waals surface area contributed by atoms with E-state index in [9.17, 15) is 17.6 Å². The fourth-order valence-electron chi connectivity index (χ4n) is 3.45. The van der Waals surface area contributed by atoms with Crippen LogP contribution in [-0.2, 0) is 19.0 Å². The number of hydrogen-bond acceptors (Lipinski definition) is 3. The normalized spacial score (nSPS) is 12.0. The first-order valence-corrected chi connectivity index (χ1v) is 11.6. The Bertz CT molecular complexity index is 1140. The maximum Gasteiger partial charge on any atom is 0.419 e. The van der Waals surface area contributed by atoms with Crippen LogP contribution in [0.2, 0.25) is 0 Å². The molecule has 0 saturated carbocycles. The molecule has 1 heterocycles. The molecule has 0 atom stereocenters. The third-order valence-corrected chi connectivity index (χ3v) is 6.46. The van der Waals surface area contributed by atoms with Gasteiger partial charge in [-0.05, 0) is 67.6 Å². The molecule has 0 saturated heterocycles. The number of hydrogen-bond donors (Lipinski definition) is 0. The number of aliphatic imine (C=N–C) groups is 1. The van der Waals surface area contributed by atoms with Crippen LogP contribution in [0.3, 0.4) is 0 Å². The lowest BCUT2D eigenvalue weighted by Crippen LogP contribution is -2.15. The molecule has 1 aromatic heterocycles. The molecule has 0 aliphatic carbocycles. The zero-order valence-electron chi connectivity index (χ0n) is 19.1. The van der Waals surface area contributed by atoms with Crippen LogP contribution in [0, 0.1) is 19.7 Å². The minimum atomic E-state index is -4.74. The second-order valence-electron chi connectivity index (χ2n) is 8.06. The van der Waals surface area contributed by atoms with Gasteiger partial charge in [0.2, 0.25) is 0 Å². The van der Waals surface area contributed by atoms with Crippen molar-refractivity contribution in [1.29, 1.82) is 0 Å². The molecule has 0 spiro atoms. The highest BCUT2D eigenvalue weighted by Gasteiger charge is 2.34. The Morgan fingerprint density at radius 3 is 2.48 bits per heavy atom. The van der Waals surface area contributed by atoms with Gasteiger partial charge in [0, 0.05) is 37.5 Å². The molecule has 2 aromatic carbocycles. The summed E-state index contributed by atoms with van der Waals surface area (Å²) >= 11 is 1.26. The lowest BCUT2D eigenvalue weighted by atomic mass is 9.96. The summed E-state index contributed by atoms with van der Waals surface area (Å²) in [5.74, 6) is -1.28. The van der Waals surface area contributed by atoms with Crippen LogP contribution < -0.4 is 0 Å². The number of benzene rings is 2. The highest BCUT2D eigenvalue weighted by atomic mass is 32.1. The Morgan fingerprint density at radius 1 is 1.09 bits per heavy atom. The molecule has 0 aliphatic heterocycles. The van der Waals surface area contributed by atoms with Gasteiger partial charge in [-0.15, -0.1) is 11.3 Å². The van der Waals surface area contributed by atoms with E-state index in [1.54, 1.807) is 0 Å². The summed E-state index contributed by atoms with van der Waals surface area (Å²) in [6, 6.07) is 7.31. The molecule has 0 N–H and O–H groups in total.